The number of anilines is 1. The van der Waals surface area contributed by atoms with E-state index in [1.807, 2.05) is 49.4 Å². The van der Waals surface area contributed by atoms with Gasteiger partial charge in [0.15, 0.2) is 0 Å². The van der Waals surface area contributed by atoms with Crippen LogP contribution in [0.15, 0.2) is 47.6 Å². The third-order valence-corrected chi connectivity index (χ3v) is 3.48. The average Bonchev–Trinajstić information content (AvgIpc) is 3.01. The molecule has 110 valence electrons. The SMILES string of the molecule is Cc1c(NN=C(C#N)C#N)cccc1-c1nc2ccccc2[nH]1. The van der Waals surface area contributed by atoms with Crippen molar-refractivity contribution in [1.82, 2.24) is 9.97 Å². The molecule has 0 amide bonds. The highest BCUT2D eigenvalue weighted by Crippen LogP contribution is 2.28. The summed E-state index contributed by atoms with van der Waals surface area (Å²) in [6.07, 6.45) is 0. The van der Waals surface area contributed by atoms with Crippen LogP contribution in [0.25, 0.3) is 22.4 Å². The highest BCUT2D eigenvalue weighted by Gasteiger charge is 2.10. The average molecular weight is 300 g/mol. The Morgan fingerprint density at radius 2 is 1.91 bits per heavy atom. The van der Waals surface area contributed by atoms with Crippen molar-refractivity contribution in [2.24, 2.45) is 5.10 Å². The summed E-state index contributed by atoms with van der Waals surface area (Å²) in [6.45, 7) is 1.93. The Bertz CT molecular complexity index is 935. The van der Waals surface area contributed by atoms with Crippen molar-refractivity contribution < 1.29 is 0 Å². The number of hydrogen-bond acceptors (Lipinski definition) is 5. The van der Waals surface area contributed by atoms with Crippen molar-refractivity contribution in [2.45, 2.75) is 6.92 Å². The van der Waals surface area contributed by atoms with Gasteiger partial charge in [-0.05, 0) is 30.7 Å². The van der Waals surface area contributed by atoms with Crippen molar-refractivity contribution in [3.63, 3.8) is 0 Å². The summed E-state index contributed by atoms with van der Waals surface area (Å²) in [5, 5.41) is 21.2. The number of para-hydroxylation sites is 2. The van der Waals surface area contributed by atoms with E-state index in [-0.39, 0.29) is 5.71 Å². The minimum atomic E-state index is -0.224. The highest BCUT2D eigenvalue weighted by atomic mass is 15.3. The van der Waals surface area contributed by atoms with Gasteiger partial charge in [0.05, 0.1) is 16.7 Å². The third-order valence-electron chi connectivity index (χ3n) is 3.48. The van der Waals surface area contributed by atoms with Gasteiger partial charge in [0.1, 0.15) is 18.0 Å². The van der Waals surface area contributed by atoms with Gasteiger partial charge in [0, 0.05) is 5.56 Å². The number of hydrazone groups is 1. The molecule has 0 aliphatic rings. The Balaban J connectivity index is 2.01. The van der Waals surface area contributed by atoms with E-state index in [0.717, 1.165) is 28.0 Å². The minimum Gasteiger partial charge on any atom is -0.338 e. The van der Waals surface area contributed by atoms with Crippen LogP contribution in [0.1, 0.15) is 5.56 Å². The van der Waals surface area contributed by atoms with Crippen molar-refractivity contribution >= 4 is 22.4 Å². The summed E-state index contributed by atoms with van der Waals surface area (Å²) in [4.78, 5) is 7.88. The molecule has 0 radical (unpaired) electrons. The Morgan fingerprint density at radius 1 is 1.13 bits per heavy atom. The third kappa shape index (κ3) is 2.74. The Morgan fingerprint density at radius 3 is 2.65 bits per heavy atom. The number of rotatable bonds is 3. The van der Waals surface area contributed by atoms with Crippen LogP contribution in [0.5, 0.6) is 0 Å². The monoisotopic (exact) mass is 300 g/mol. The number of benzene rings is 2. The number of fused-ring (bicyclic) bond motifs is 1. The molecule has 0 aliphatic carbocycles. The lowest BCUT2D eigenvalue weighted by molar-refractivity contribution is 1.27. The molecule has 2 N–H and O–H groups in total. The molecule has 6 heteroatoms. The first-order chi connectivity index (χ1) is 11.2. The zero-order chi connectivity index (χ0) is 16.2. The highest BCUT2D eigenvalue weighted by molar-refractivity contribution is 6.10. The molecular formula is C17H12N6. The first-order valence-electron chi connectivity index (χ1n) is 6.91. The number of nitriles is 2. The summed E-state index contributed by atoms with van der Waals surface area (Å²) >= 11 is 0. The zero-order valence-corrected chi connectivity index (χ0v) is 12.3. The molecule has 0 atom stereocenters. The Hall–Kier alpha value is -3.64. The van der Waals surface area contributed by atoms with E-state index in [4.69, 9.17) is 10.5 Å². The predicted molar refractivity (Wildman–Crippen MR) is 88.6 cm³/mol. The maximum absolute atomic E-state index is 8.73. The first kappa shape index (κ1) is 14.3. The molecule has 23 heavy (non-hydrogen) atoms. The molecule has 2 aromatic carbocycles. The molecule has 3 aromatic rings. The van der Waals surface area contributed by atoms with Gasteiger partial charge in [-0.3, -0.25) is 5.43 Å². The summed E-state index contributed by atoms with van der Waals surface area (Å²) in [7, 11) is 0. The number of hydrogen-bond donors (Lipinski definition) is 2. The lowest BCUT2D eigenvalue weighted by Gasteiger charge is -2.08. The smallest absolute Gasteiger partial charge is 0.237 e. The topological polar surface area (TPSA) is 101 Å². The standard InChI is InChI=1S/C17H12N6/c1-11-13(17-20-15-6-2-3-7-16(15)21-17)5-4-8-14(11)23-22-12(9-18)10-19/h2-8,23H,1H3,(H,20,21). The van der Waals surface area contributed by atoms with Gasteiger partial charge in [-0.15, -0.1) is 0 Å². The van der Waals surface area contributed by atoms with E-state index in [9.17, 15) is 0 Å². The fourth-order valence-electron chi connectivity index (χ4n) is 2.28. The molecule has 6 nitrogen and oxygen atoms in total. The fourth-order valence-corrected chi connectivity index (χ4v) is 2.28. The number of H-pyrrole nitrogens is 1. The van der Waals surface area contributed by atoms with Gasteiger partial charge in [-0.2, -0.15) is 15.6 Å². The normalized spacial score (nSPS) is 9.87. The summed E-state index contributed by atoms with van der Waals surface area (Å²) in [5.41, 5.74) is 6.96. The largest absolute Gasteiger partial charge is 0.338 e. The molecule has 0 saturated heterocycles. The van der Waals surface area contributed by atoms with Crippen LogP contribution in [0, 0.1) is 29.6 Å². The van der Waals surface area contributed by atoms with Gasteiger partial charge in [0.25, 0.3) is 0 Å². The number of nitrogens with zero attached hydrogens (tertiary/aromatic N) is 4. The summed E-state index contributed by atoms with van der Waals surface area (Å²) < 4.78 is 0. The van der Waals surface area contributed by atoms with E-state index >= 15 is 0 Å². The van der Waals surface area contributed by atoms with Crippen LogP contribution in [0.4, 0.5) is 5.69 Å². The van der Waals surface area contributed by atoms with E-state index in [2.05, 4.69) is 20.5 Å². The Labute approximate surface area is 132 Å². The second-order valence-electron chi connectivity index (χ2n) is 4.88. The summed E-state index contributed by atoms with van der Waals surface area (Å²) in [5.74, 6) is 0.761. The van der Waals surface area contributed by atoms with Crippen LogP contribution < -0.4 is 5.43 Å². The second-order valence-corrected chi connectivity index (χ2v) is 4.88. The van der Waals surface area contributed by atoms with Gasteiger partial charge < -0.3 is 4.98 Å². The van der Waals surface area contributed by atoms with Crippen molar-refractivity contribution in [1.29, 1.82) is 10.5 Å². The predicted octanol–water partition coefficient (Wildman–Crippen LogP) is 3.35. The van der Waals surface area contributed by atoms with E-state index in [0.29, 0.717) is 5.69 Å². The first-order valence-corrected chi connectivity index (χ1v) is 6.91. The van der Waals surface area contributed by atoms with E-state index < -0.39 is 0 Å². The van der Waals surface area contributed by atoms with Crippen molar-refractivity contribution in [3.05, 3.63) is 48.0 Å². The molecule has 0 bridgehead atoms. The molecule has 1 aromatic heterocycles. The number of imidazole rings is 1. The molecule has 0 saturated carbocycles. The summed E-state index contributed by atoms with van der Waals surface area (Å²) in [6, 6.07) is 16.9. The molecule has 0 spiro atoms. The quantitative estimate of drug-likeness (QED) is 0.572. The number of aromatic amines is 1. The number of aromatic nitrogens is 2. The lowest BCUT2D eigenvalue weighted by Crippen LogP contribution is -1.99. The fraction of sp³-hybridized carbons (Fsp3) is 0.0588. The van der Waals surface area contributed by atoms with Crippen molar-refractivity contribution in [3.8, 4) is 23.5 Å². The molecule has 0 unspecified atom stereocenters. The maximum Gasteiger partial charge on any atom is 0.237 e. The van der Waals surface area contributed by atoms with Gasteiger partial charge >= 0.3 is 0 Å². The van der Waals surface area contributed by atoms with E-state index in [1.54, 1.807) is 12.1 Å². The van der Waals surface area contributed by atoms with Crippen LogP contribution in [0.2, 0.25) is 0 Å². The minimum absolute atomic E-state index is 0.224. The van der Waals surface area contributed by atoms with Crippen LogP contribution in [-0.2, 0) is 0 Å². The molecule has 0 aliphatic heterocycles. The Kier molecular flexibility index (Phi) is 3.73. The lowest BCUT2D eigenvalue weighted by atomic mass is 10.1. The maximum atomic E-state index is 8.73. The second kappa shape index (κ2) is 6.00. The molecular weight excluding hydrogens is 288 g/mol. The number of nitrogens with one attached hydrogen (secondary N) is 2. The molecule has 3 rings (SSSR count). The zero-order valence-electron chi connectivity index (χ0n) is 12.3. The van der Waals surface area contributed by atoms with Gasteiger partial charge in [0.2, 0.25) is 5.71 Å². The molecule has 0 fully saturated rings. The van der Waals surface area contributed by atoms with Crippen LogP contribution in [0.3, 0.4) is 0 Å². The van der Waals surface area contributed by atoms with Gasteiger partial charge in [-0.1, -0.05) is 24.3 Å². The van der Waals surface area contributed by atoms with Crippen LogP contribution in [-0.4, -0.2) is 15.7 Å². The van der Waals surface area contributed by atoms with Crippen LogP contribution >= 0.6 is 0 Å². The van der Waals surface area contributed by atoms with Crippen molar-refractivity contribution in [2.75, 3.05) is 5.43 Å². The molecule has 1 heterocycles. The van der Waals surface area contributed by atoms with Gasteiger partial charge in [-0.25, -0.2) is 4.98 Å². The van der Waals surface area contributed by atoms with E-state index in [1.165, 1.54) is 0 Å².